The Balaban J connectivity index is 0. The Bertz CT molecular complexity index is 117. The topological polar surface area (TPSA) is 46.5 Å². The minimum atomic E-state index is -0.560. The molecule has 0 aliphatic heterocycles. The number of rotatable bonds is 2. The summed E-state index contributed by atoms with van der Waals surface area (Å²) < 4.78 is 4.67. The molecule has 0 aromatic carbocycles. The first-order chi connectivity index (χ1) is 4.45. The van der Waals surface area contributed by atoms with Crippen molar-refractivity contribution in [1.82, 2.24) is 0 Å². The number of hydrogen-bond acceptors (Lipinski definition) is 3. The molecular weight excluding hydrogens is 143 g/mol. The van der Waals surface area contributed by atoms with Gasteiger partial charge >= 0.3 is 5.97 Å². The van der Waals surface area contributed by atoms with E-state index in [4.69, 9.17) is 5.11 Å². The molecule has 3 radical (unpaired) electrons. The Labute approximate surface area is 69.3 Å². The second-order valence-electron chi connectivity index (χ2n) is 3.38. The predicted molar refractivity (Wildman–Crippen MR) is 43.3 cm³/mol. The Hall–Kier alpha value is -0.505. The molecule has 0 aliphatic rings. The molecule has 0 saturated heterocycles. The molecule has 0 spiro atoms. The van der Waals surface area contributed by atoms with Crippen LogP contribution in [-0.2, 0) is 9.53 Å². The lowest BCUT2D eigenvalue weighted by Gasteiger charge is -2.16. The molecule has 0 atom stereocenters. The van der Waals surface area contributed by atoms with Crippen molar-refractivity contribution in [3.8, 4) is 0 Å². The number of aliphatic hydroxyl groups excluding tert-OH is 1. The highest BCUT2D eigenvalue weighted by Crippen LogP contribution is 2.12. The molecule has 3 nitrogen and oxygen atoms in total. The Kier molecular flexibility index (Phi) is 6.18. The molecule has 0 aliphatic carbocycles. The standard InChI is InChI=1S/C7H14O3.B/c1-7(2,3)5-10-6(9)4-8;/h8H,4-5H2,1-3H3;. The van der Waals surface area contributed by atoms with Gasteiger partial charge in [-0.1, -0.05) is 20.8 Å². The van der Waals surface area contributed by atoms with Gasteiger partial charge in [-0.25, -0.2) is 4.79 Å². The van der Waals surface area contributed by atoms with E-state index < -0.39 is 12.6 Å². The summed E-state index contributed by atoms with van der Waals surface area (Å²) in [5, 5.41) is 8.26. The van der Waals surface area contributed by atoms with Crippen LogP contribution >= 0.6 is 0 Å². The van der Waals surface area contributed by atoms with Crippen molar-refractivity contribution >= 4 is 14.4 Å². The molecule has 0 amide bonds. The number of hydrogen-bond donors (Lipinski definition) is 1. The summed E-state index contributed by atoms with van der Waals surface area (Å²) in [6.45, 7) is 5.69. The highest BCUT2D eigenvalue weighted by atomic mass is 16.5. The van der Waals surface area contributed by atoms with Gasteiger partial charge in [0.05, 0.1) is 6.61 Å². The second-order valence-corrected chi connectivity index (χ2v) is 3.38. The fraction of sp³-hybridized carbons (Fsp3) is 0.857. The number of carbonyl (C=O) groups excluding carboxylic acids is 1. The highest BCUT2D eigenvalue weighted by molar-refractivity contribution is 5.75. The van der Waals surface area contributed by atoms with E-state index in [0.717, 1.165) is 0 Å². The monoisotopic (exact) mass is 157 g/mol. The van der Waals surface area contributed by atoms with Crippen LogP contribution in [0.1, 0.15) is 20.8 Å². The maximum absolute atomic E-state index is 10.4. The molecule has 0 fully saturated rings. The zero-order chi connectivity index (χ0) is 8.20. The van der Waals surface area contributed by atoms with Crippen LogP contribution < -0.4 is 0 Å². The minimum absolute atomic E-state index is 0. The van der Waals surface area contributed by atoms with Crippen LogP contribution in [0.4, 0.5) is 0 Å². The van der Waals surface area contributed by atoms with Crippen molar-refractivity contribution in [2.75, 3.05) is 13.2 Å². The van der Waals surface area contributed by atoms with Gasteiger partial charge in [0.2, 0.25) is 0 Å². The Morgan fingerprint density at radius 1 is 1.45 bits per heavy atom. The molecule has 0 heterocycles. The van der Waals surface area contributed by atoms with E-state index in [0.29, 0.717) is 6.61 Å². The third kappa shape index (κ3) is 9.49. The molecule has 0 bridgehead atoms. The maximum Gasteiger partial charge on any atom is 0.331 e. The summed E-state index contributed by atoms with van der Waals surface area (Å²) in [7, 11) is 0. The molecule has 1 N–H and O–H groups in total. The first-order valence-electron chi connectivity index (χ1n) is 3.22. The fourth-order valence-corrected chi connectivity index (χ4v) is 0.343. The van der Waals surface area contributed by atoms with Gasteiger partial charge in [-0.2, -0.15) is 0 Å². The molecule has 0 saturated carbocycles. The average molecular weight is 157 g/mol. The molecule has 0 unspecified atom stereocenters. The summed E-state index contributed by atoms with van der Waals surface area (Å²) in [5.41, 5.74) is -0.0230. The highest BCUT2D eigenvalue weighted by Gasteiger charge is 2.12. The van der Waals surface area contributed by atoms with Crippen molar-refractivity contribution in [3.05, 3.63) is 0 Å². The van der Waals surface area contributed by atoms with E-state index in [2.05, 4.69) is 4.74 Å². The lowest BCUT2D eigenvalue weighted by atomic mass is 9.99. The summed E-state index contributed by atoms with van der Waals surface area (Å²) in [5.74, 6) is -0.560. The summed E-state index contributed by atoms with van der Waals surface area (Å²) in [6, 6.07) is 0. The van der Waals surface area contributed by atoms with Crippen LogP contribution in [0, 0.1) is 5.41 Å². The van der Waals surface area contributed by atoms with Crippen LogP contribution in [0.2, 0.25) is 0 Å². The minimum Gasteiger partial charge on any atom is -0.463 e. The predicted octanol–water partition coefficient (Wildman–Crippen LogP) is 0.187. The van der Waals surface area contributed by atoms with Crippen LogP contribution in [0.5, 0.6) is 0 Å². The number of esters is 1. The van der Waals surface area contributed by atoms with Crippen LogP contribution in [0.25, 0.3) is 0 Å². The normalized spacial score (nSPS) is 10.2. The van der Waals surface area contributed by atoms with E-state index in [9.17, 15) is 4.79 Å². The SMILES string of the molecule is CC(C)(C)COC(=O)CO.[B]. The smallest absolute Gasteiger partial charge is 0.331 e. The molecule has 63 valence electrons. The quantitative estimate of drug-likeness (QED) is 0.459. The van der Waals surface area contributed by atoms with Crippen LogP contribution in [0.15, 0.2) is 0 Å². The van der Waals surface area contributed by atoms with Gasteiger partial charge in [-0.15, -0.1) is 0 Å². The fourth-order valence-electron chi connectivity index (χ4n) is 0.343. The molecule has 4 heteroatoms. The number of carbonyl (C=O) groups is 1. The Morgan fingerprint density at radius 2 is 1.91 bits per heavy atom. The summed E-state index contributed by atoms with van der Waals surface area (Å²) in [4.78, 5) is 10.4. The van der Waals surface area contributed by atoms with Gasteiger partial charge in [-0.3, -0.25) is 0 Å². The third-order valence-electron chi connectivity index (χ3n) is 0.795. The largest absolute Gasteiger partial charge is 0.463 e. The van der Waals surface area contributed by atoms with Gasteiger partial charge in [0.15, 0.2) is 0 Å². The number of aliphatic hydroxyl groups is 1. The van der Waals surface area contributed by atoms with Crippen molar-refractivity contribution in [1.29, 1.82) is 0 Å². The lowest BCUT2D eigenvalue weighted by molar-refractivity contribution is -0.149. The van der Waals surface area contributed by atoms with Crippen molar-refractivity contribution < 1.29 is 14.6 Å². The zero-order valence-electron chi connectivity index (χ0n) is 7.26. The van der Waals surface area contributed by atoms with Gasteiger partial charge in [0, 0.05) is 8.41 Å². The zero-order valence-corrected chi connectivity index (χ0v) is 7.26. The summed E-state index contributed by atoms with van der Waals surface area (Å²) >= 11 is 0. The van der Waals surface area contributed by atoms with Gasteiger partial charge in [0.25, 0.3) is 0 Å². The van der Waals surface area contributed by atoms with E-state index in [1.807, 2.05) is 20.8 Å². The van der Waals surface area contributed by atoms with Crippen LogP contribution in [0.3, 0.4) is 0 Å². The maximum atomic E-state index is 10.4. The van der Waals surface area contributed by atoms with Gasteiger partial charge in [0.1, 0.15) is 6.61 Å². The lowest BCUT2D eigenvalue weighted by Crippen LogP contribution is -2.19. The molecule has 11 heavy (non-hydrogen) atoms. The van der Waals surface area contributed by atoms with E-state index in [-0.39, 0.29) is 13.8 Å². The molecular formula is C7H14BO3. The first-order valence-corrected chi connectivity index (χ1v) is 3.22. The Morgan fingerprint density at radius 3 is 2.18 bits per heavy atom. The van der Waals surface area contributed by atoms with Crippen molar-refractivity contribution in [2.45, 2.75) is 20.8 Å². The molecule has 0 rings (SSSR count). The van der Waals surface area contributed by atoms with Crippen molar-refractivity contribution in [3.63, 3.8) is 0 Å². The van der Waals surface area contributed by atoms with E-state index in [1.54, 1.807) is 0 Å². The first kappa shape index (κ1) is 13.1. The van der Waals surface area contributed by atoms with Gasteiger partial charge < -0.3 is 9.84 Å². The third-order valence-corrected chi connectivity index (χ3v) is 0.795. The molecule has 0 aromatic rings. The van der Waals surface area contributed by atoms with Crippen LogP contribution in [-0.4, -0.2) is 32.7 Å². The molecule has 0 aromatic heterocycles. The van der Waals surface area contributed by atoms with Crippen molar-refractivity contribution in [2.24, 2.45) is 5.41 Å². The number of ether oxygens (including phenoxy) is 1. The van der Waals surface area contributed by atoms with E-state index in [1.165, 1.54) is 0 Å². The average Bonchev–Trinajstić information content (AvgIpc) is 1.81. The van der Waals surface area contributed by atoms with E-state index >= 15 is 0 Å². The van der Waals surface area contributed by atoms with Gasteiger partial charge in [-0.05, 0) is 5.41 Å². The summed E-state index contributed by atoms with van der Waals surface area (Å²) in [6.07, 6.45) is 0. The second kappa shape index (κ2) is 5.19.